The van der Waals surface area contributed by atoms with E-state index in [1.807, 2.05) is 6.07 Å². The van der Waals surface area contributed by atoms with Crippen LogP contribution in [-0.4, -0.2) is 21.2 Å². The molecule has 0 fully saturated rings. The first-order valence-electron chi connectivity index (χ1n) is 5.66. The van der Waals surface area contributed by atoms with E-state index in [1.165, 1.54) is 23.9 Å². The number of pyridine rings is 1. The van der Waals surface area contributed by atoms with E-state index in [4.69, 9.17) is 10.4 Å². The number of thioether (sulfide) groups is 1. The average Bonchev–Trinajstić information content (AvgIpc) is 2.46. The first-order chi connectivity index (χ1) is 9.61. The van der Waals surface area contributed by atoms with Gasteiger partial charge < -0.3 is 10.2 Å². The van der Waals surface area contributed by atoms with Crippen LogP contribution in [0.1, 0.15) is 21.6 Å². The van der Waals surface area contributed by atoms with E-state index in [0.717, 1.165) is 0 Å². The van der Waals surface area contributed by atoms with Crippen LogP contribution in [0.4, 0.5) is 0 Å². The zero-order valence-corrected chi connectivity index (χ0v) is 11.1. The topological polar surface area (TPSA) is 94.2 Å². The Kier molecular flexibility index (Phi) is 4.23. The molecule has 0 spiro atoms. The van der Waals surface area contributed by atoms with Gasteiger partial charge in [-0.25, -0.2) is 9.78 Å². The molecular formula is C14H10N2O3S. The zero-order valence-electron chi connectivity index (χ0n) is 10.3. The summed E-state index contributed by atoms with van der Waals surface area (Å²) in [5, 5.41) is 27.9. The monoisotopic (exact) mass is 286 g/mol. The molecule has 100 valence electrons. The lowest BCUT2D eigenvalue weighted by molar-refractivity contribution is 0.0689. The molecule has 1 aromatic carbocycles. The molecule has 6 heteroatoms. The molecule has 0 saturated carbocycles. The number of hydrogen-bond donors (Lipinski definition) is 2. The van der Waals surface area contributed by atoms with Crippen LogP contribution in [-0.2, 0) is 5.75 Å². The Balaban J connectivity index is 2.24. The maximum Gasteiger partial charge on any atom is 0.354 e. The first-order valence-corrected chi connectivity index (χ1v) is 6.64. The summed E-state index contributed by atoms with van der Waals surface area (Å²) in [6, 6.07) is 11.5. The third kappa shape index (κ3) is 3.08. The predicted molar refractivity (Wildman–Crippen MR) is 73.6 cm³/mol. The smallest absolute Gasteiger partial charge is 0.354 e. The minimum atomic E-state index is -1.14. The van der Waals surface area contributed by atoms with Crippen LogP contribution in [0.5, 0.6) is 5.75 Å². The number of nitriles is 1. The van der Waals surface area contributed by atoms with Gasteiger partial charge in [-0.15, -0.1) is 11.8 Å². The number of aromatic carboxylic acids is 1. The second kappa shape index (κ2) is 6.08. The Labute approximate surface area is 119 Å². The maximum absolute atomic E-state index is 10.9. The van der Waals surface area contributed by atoms with Crippen molar-refractivity contribution in [1.29, 1.82) is 5.26 Å². The number of carboxylic acids is 1. The van der Waals surface area contributed by atoms with Gasteiger partial charge in [0.2, 0.25) is 0 Å². The summed E-state index contributed by atoms with van der Waals surface area (Å²) >= 11 is 1.21. The summed E-state index contributed by atoms with van der Waals surface area (Å²) < 4.78 is 0. The summed E-state index contributed by atoms with van der Waals surface area (Å²) in [4.78, 5) is 14.8. The van der Waals surface area contributed by atoms with E-state index in [-0.39, 0.29) is 11.4 Å². The molecule has 0 bridgehead atoms. The molecule has 0 amide bonds. The third-order valence-corrected chi connectivity index (χ3v) is 3.60. The lowest BCUT2D eigenvalue weighted by atomic mass is 10.2. The number of benzene rings is 1. The fraction of sp³-hybridized carbons (Fsp3) is 0.0714. The largest absolute Gasteiger partial charge is 0.508 e. The highest BCUT2D eigenvalue weighted by atomic mass is 32.2. The molecule has 0 aliphatic rings. The fourth-order valence-electron chi connectivity index (χ4n) is 1.53. The minimum absolute atomic E-state index is 0.108. The number of rotatable bonds is 4. The number of nitrogens with zero attached hydrogens (tertiary/aromatic N) is 2. The van der Waals surface area contributed by atoms with Crippen molar-refractivity contribution < 1.29 is 15.0 Å². The summed E-state index contributed by atoms with van der Waals surface area (Å²) in [6.45, 7) is 0. The second-order valence-electron chi connectivity index (χ2n) is 3.88. The maximum atomic E-state index is 10.9. The number of aromatic hydroxyl groups is 1. The van der Waals surface area contributed by atoms with Crippen molar-refractivity contribution in [2.75, 3.05) is 0 Å². The lowest BCUT2D eigenvalue weighted by Gasteiger charge is -2.06. The number of para-hydroxylation sites is 1. The fourth-order valence-corrected chi connectivity index (χ4v) is 2.50. The first kappa shape index (κ1) is 13.9. The molecule has 0 unspecified atom stereocenters. The summed E-state index contributed by atoms with van der Waals surface area (Å²) in [7, 11) is 0. The van der Waals surface area contributed by atoms with Crippen molar-refractivity contribution in [3.05, 3.63) is 53.2 Å². The van der Waals surface area contributed by atoms with E-state index in [1.54, 1.807) is 24.3 Å². The SMILES string of the molecule is N#Cc1ccc(C(=O)O)nc1SCc1ccccc1O. The van der Waals surface area contributed by atoms with Crippen LogP contribution in [0.3, 0.4) is 0 Å². The molecule has 2 aromatic rings. The number of carboxylic acid groups (broad SMARTS) is 1. The van der Waals surface area contributed by atoms with Crippen LogP contribution in [0, 0.1) is 11.3 Å². The molecule has 0 aliphatic heterocycles. The third-order valence-electron chi connectivity index (χ3n) is 2.56. The van der Waals surface area contributed by atoms with Gasteiger partial charge in [0.25, 0.3) is 0 Å². The minimum Gasteiger partial charge on any atom is -0.508 e. The molecule has 0 atom stereocenters. The molecule has 20 heavy (non-hydrogen) atoms. The summed E-state index contributed by atoms with van der Waals surface area (Å²) in [5.41, 5.74) is 0.906. The van der Waals surface area contributed by atoms with Gasteiger partial charge in [-0.2, -0.15) is 5.26 Å². The number of phenols is 1. The standard InChI is InChI=1S/C14H10N2O3S/c15-7-9-5-6-11(14(18)19)16-13(9)20-8-10-3-1-2-4-12(10)17/h1-6,17H,8H2,(H,18,19). The van der Waals surface area contributed by atoms with Crippen molar-refractivity contribution in [2.45, 2.75) is 10.8 Å². The Hall–Kier alpha value is -2.52. The van der Waals surface area contributed by atoms with Gasteiger partial charge in [-0.3, -0.25) is 0 Å². The molecule has 0 radical (unpaired) electrons. The highest BCUT2D eigenvalue weighted by Gasteiger charge is 2.11. The lowest BCUT2D eigenvalue weighted by Crippen LogP contribution is -2.02. The Morgan fingerprint density at radius 2 is 2.05 bits per heavy atom. The van der Waals surface area contributed by atoms with Crippen molar-refractivity contribution in [3.63, 3.8) is 0 Å². The van der Waals surface area contributed by atoms with Crippen LogP contribution in [0.2, 0.25) is 0 Å². The highest BCUT2D eigenvalue weighted by Crippen LogP contribution is 2.28. The van der Waals surface area contributed by atoms with E-state index >= 15 is 0 Å². The van der Waals surface area contributed by atoms with Crippen molar-refractivity contribution in [1.82, 2.24) is 4.98 Å². The van der Waals surface area contributed by atoms with Gasteiger partial charge in [0.1, 0.15) is 22.5 Å². The molecule has 2 rings (SSSR count). The van der Waals surface area contributed by atoms with E-state index in [9.17, 15) is 9.90 Å². The van der Waals surface area contributed by atoms with Crippen molar-refractivity contribution in [3.8, 4) is 11.8 Å². The molecular weight excluding hydrogens is 276 g/mol. The van der Waals surface area contributed by atoms with E-state index in [2.05, 4.69) is 4.98 Å². The molecule has 2 N–H and O–H groups in total. The molecule has 0 aliphatic carbocycles. The van der Waals surface area contributed by atoms with Gasteiger partial charge in [0.15, 0.2) is 0 Å². The number of aromatic nitrogens is 1. The van der Waals surface area contributed by atoms with E-state index < -0.39 is 5.97 Å². The van der Waals surface area contributed by atoms with Crippen LogP contribution in [0.15, 0.2) is 41.4 Å². The van der Waals surface area contributed by atoms with Gasteiger partial charge in [-0.05, 0) is 18.2 Å². The van der Waals surface area contributed by atoms with Crippen LogP contribution >= 0.6 is 11.8 Å². The highest BCUT2D eigenvalue weighted by molar-refractivity contribution is 7.98. The van der Waals surface area contributed by atoms with Crippen molar-refractivity contribution >= 4 is 17.7 Å². The van der Waals surface area contributed by atoms with Gasteiger partial charge >= 0.3 is 5.97 Å². The summed E-state index contributed by atoms with van der Waals surface area (Å²) in [6.07, 6.45) is 0. The summed E-state index contributed by atoms with van der Waals surface area (Å²) in [5.74, 6) is -0.580. The molecule has 1 heterocycles. The number of phenolic OH excluding ortho intramolecular Hbond substituents is 1. The van der Waals surface area contributed by atoms with Crippen molar-refractivity contribution in [2.24, 2.45) is 0 Å². The number of hydrogen-bond acceptors (Lipinski definition) is 5. The van der Waals surface area contributed by atoms with Gasteiger partial charge in [0.05, 0.1) is 5.56 Å². The Morgan fingerprint density at radius 1 is 1.30 bits per heavy atom. The predicted octanol–water partition coefficient (Wildman–Crippen LogP) is 2.65. The zero-order chi connectivity index (χ0) is 14.5. The Bertz CT molecular complexity index is 695. The van der Waals surface area contributed by atoms with E-state index in [0.29, 0.717) is 21.9 Å². The molecule has 5 nitrogen and oxygen atoms in total. The molecule has 0 saturated heterocycles. The van der Waals surface area contributed by atoms with Crippen LogP contribution in [0.25, 0.3) is 0 Å². The average molecular weight is 286 g/mol. The normalized spacial score (nSPS) is 9.95. The quantitative estimate of drug-likeness (QED) is 0.839. The number of carbonyl (C=O) groups is 1. The van der Waals surface area contributed by atoms with Gasteiger partial charge in [-0.1, -0.05) is 18.2 Å². The molecule has 1 aromatic heterocycles. The second-order valence-corrected chi connectivity index (χ2v) is 4.85. The Morgan fingerprint density at radius 3 is 2.70 bits per heavy atom. The van der Waals surface area contributed by atoms with Crippen LogP contribution < -0.4 is 0 Å². The van der Waals surface area contributed by atoms with Gasteiger partial charge in [0, 0.05) is 11.3 Å².